The zero-order chi connectivity index (χ0) is 15.2. The molecule has 0 spiro atoms. The Kier molecular flexibility index (Phi) is 5.85. The molecule has 116 valence electrons. The molecule has 0 amide bonds. The highest BCUT2D eigenvalue weighted by molar-refractivity contribution is 6.31. The van der Waals surface area contributed by atoms with Crippen LogP contribution in [0.3, 0.4) is 0 Å². The van der Waals surface area contributed by atoms with E-state index >= 15 is 0 Å². The minimum absolute atomic E-state index is 0.0748. The van der Waals surface area contributed by atoms with Gasteiger partial charge in [-0.1, -0.05) is 28.9 Å². The van der Waals surface area contributed by atoms with Gasteiger partial charge in [0.2, 0.25) is 0 Å². The highest BCUT2D eigenvalue weighted by Crippen LogP contribution is 2.19. The molecule has 0 saturated carbocycles. The van der Waals surface area contributed by atoms with Gasteiger partial charge in [0.05, 0.1) is 0 Å². The molecule has 1 fully saturated rings. The Bertz CT molecular complexity index is 500. The number of likely N-dealkylation sites (tertiary alicyclic amines) is 1. The maximum Gasteiger partial charge on any atom is 0.170 e. The molecule has 0 aliphatic carbocycles. The smallest absolute Gasteiger partial charge is 0.170 e. The lowest BCUT2D eigenvalue weighted by Crippen LogP contribution is -2.31. The summed E-state index contributed by atoms with van der Waals surface area (Å²) in [6.45, 7) is 5.38. The number of rotatable bonds is 6. The van der Waals surface area contributed by atoms with Gasteiger partial charge in [0.25, 0.3) is 0 Å². The van der Waals surface area contributed by atoms with Crippen LogP contribution in [0, 0.1) is 0 Å². The van der Waals surface area contributed by atoms with Crippen molar-refractivity contribution in [3.8, 4) is 0 Å². The minimum Gasteiger partial charge on any atom is -0.409 e. The summed E-state index contributed by atoms with van der Waals surface area (Å²) in [5.41, 5.74) is 7.24. The first-order valence-electron chi connectivity index (χ1n) is 7.27. The molecule has 1 aromatic carbocycles. The Morgan fingerprint density at radius 3 is 2.76 bits per heavy atom. The number of amidine groups is 1. The van der Waals surface area contributed by atoms with E-state index in [2.05, 4.69) is 22.0 Å². The topological polar surface area (TPSA) is 65.1 Å². The molecule has 1 aromatic rings. The van der Waals surface area contributed by atoms with Crippen LogP contribution in [0.15, 0.2) is 23.4 Å². The van der Waals surface area contributed by atoms with E-state index in [-0.39, 0.29) is 5.84 Å². The van der Waals surface area contributed by atoms with Crippen molar-refractivity contribution >= 4 is 17.4 Å². The van der Waals surface area contributed by atoms with Crippen LogP contribution in [0.2, 0.25) is 5.02 Å². The maximum atomic E-state index is 8.67. The highest BCUT2D eigenvalue weighted by atomic mass is 35.5. The number of oxime groups is 1. The molecule has 0 aromatic heterocycles. The molecule has 1 saturated heterocycles. The third-order valence-electron chi connectivity index (χ3n) is 3.89. The number of benzene rings is 1. The van der Waals surface area contributed by atoms with Crippen molar-refractivity contribution < 1.29 is 5.21 Å². The number of halogens is 1. The minimum atomic E-state index is 0.0748. The molecule has 0 unspecified atom stereocenters. The van der Waals surface area contributed by atoms with Gasteiger partial charge in [-0.15, -0.1) is 0 Å². The van der Waals surface area contributed by atoms with Crippen LogP contribution >= 0.6 is 11.6 Å². The summed E-state index contributed by atoms with van der Waals surface area (Å²) in [4.78, 5) is 4.77. The van der Waals surface area contributed by atoms with Gasteiger partial charge >= 0.3 is 0 Å². The van der Waals surface area contributed by atoms with Crippen molar-refractivity contribution in [1.29, 1.82) is 0 Å². The Morgan fingerprint density at radius 2 is 2.14 bits per heavy atom. The number of nitrogens with two attached hydrogens (primary N) is 1. The normalized spacial score (nSPS) is 16.8. The van der Waals surface area contributed by atoms with Crippen LogP contribution in [0.1, 0.15) is 24.0 Å². The van der Waals surface area contributed by atoms with Crippen molar-refractivity contribution in [2.24, 2.45) is 10.9 Å². The lowest BCUT2D eigenvalue weighted by Gasteiger charge is -2.21. The van der Waals surface area contributed by atoms with Crippen LogP contribution in [-0.4, -0.2) is 54.1 Å². The standard InChI is InChI=1S/C15H23ClN4O/c1-19(8-9-20-6-2-3-7-20)11-13-5-4-12(10-14(13)16)15(17)18-21/h4-5,10,21H,2-3,6-9,11H2,1H3,(H2,17,18). The van der Waals surface area contributed by atoms with E-state index < -0.39 is 0 Å². The predicted octanol–water partition coefficient (Wildman–Crippen LogP) is 1.96. The third-order valence-corrected chi connectivity index (χ3v) is 4.25. The maximum absolute atomic E-state index is 8.67. The summed E-state index contributed by atoms with van der Waals surface area (Å²) < 4.78 is 0. The molecule has 1 heterocycles. The second-order valence-corrected chi connectivity index (χ2v) is 5.99. The average Bonchev–Trinajstić information content (AvgIpc) is 2.99. The predicted molar refractivity (Wildman–Crippen MR) is 86.0 cm³/mol. The summed E-state index contributed by atoms with van der Waals surface area (Å²) in [5, 5.41) is 12.3. The largest absolute Gasteiger partial charge is 0.409 e. The molecule has 1 aliphatic rings. The van der Waals surface area contributed by atoms with E-state index in [0.717, 1.165) is 25.2 Å². The van der Waals surface area contributed by atoms with E-state index in [0.29, 0.717) is 10.6 Å². The Balaban J connectivity index is 1.89. The van der Waals surface area contributed by atoms with E-state index in [1.54, 1.807) is 6.07 Å². The second kappa shape index (κ2) is 7.64. The Hall–Kier alpha value is -1.30. The molecule has 21 heavy (non-hydrogen) atoms. The number of hydrogen-bond donors (Lipinski definition) is 2. The number of nitrogens with zero attached hydrogens (tertiary/aromatic N) is 3. The molecule has 0 atom stereocenters. The van der Waals surface area contributed by atoms with Crippen molar-refractivity contribution in [3.63, 3.8) is 0 Å². The monoisotopic (exact) mass is 310 g/mol. The highest BCUT2D eigenvalue weighted by Gasteiger charge is 2.12. The van der Waals surface area contributed by atoms with E-state index in [1.165, 1.54) is 25.9 Å². The van der Waals surface area contributed by atoms with Crippen LogP contribution < -0.4 is 5.73 Å². The fraction of sp³-hybridized carbons (Fsp3) is 0.533. The Labute approximate surface area is 131 Å². The fourth-order valence-electron chi connectivity index (χ4n) is 2.58. The molecule has 0 bridgehead atoms. The molecular weight excluding hydrogens is 288 g/mol. The lowest BCUT2D eigenvalue weighted by molar-refractivity contribution is 0.252. The molecule has 2 rings (SSSR count). The first-order chi connectivity index (χ1) is 10.1. The van der Waals surface area contributed by atoms with Gasteiger partial charge in [0.1, 0.15) is 0 Å². The van der Waals surface area contributed by atoms with E-state index in [9.17, 15) is 0 Å². The van der Waals surface area contributed by atoms with Gasteiger partial charge in [-0.3, -0.25) is 0 Å². The van der Waals surface area contributed by atoms with E-state index in [4.69, 9.17) is 22.5 Å². The first kappa shape index (κ1) is 16.1. The van der Waals surface area contributed by atoms with Crippen molar-refractivity contribution in [3.05, 3.63) is 34.3 Å². The summed E-state index contributed by atoms with van der Waals surface area (Å²) >= 11 is 6.27. The SMILES string of the molecule is CN(CCN1CCCC1)Cc1ccc(/C(N)=N/O)cc1Cl. The summed E-state index contributed by atoms with van der Waals surface area (Å²) in [5.74, 6) is 0.0748. The molecule has 3 N–H and O–H groups in total. The average molecular weight is 311 g/mol. The van der Waals surface area contributed by atoms with E-state index in [1.807, 2.05) is 12.1 Å². The molecule has 1 aliphatic heterocycles. The van der Waals surface area contributed by atoms with Crippen LogP contribution in [0.25, 0.3) is 0 Å². The Morgan fingerprint density at radius 1 is 1.43 bits per heavy atom. The summed E-state index contributed by atoms with van der Waals surface area (Å²) in [7, 11) is 2.10. The summed E-state index contributed by atoms with van der Waals surface area (Å²) in [6, 6.07) is 5.49. The van der Waals surface area contributed by atoms with Crippen LogP contribution in [-0.2, 0) is 6.54 Å². The second-order valence-electron chi connectivity index (χ2n) is 5.58. The molecule has 6 heteroatoms. The number of hydrogen-bond acceptors (Lipinski definition) is 4. The van der Waals surface area contributed by atoms with Gasteiger partial charge in [-0.25, -0.2) is 0 Å². The van der Waals surface area contributed by atoms with Gasteiger partial charge in [-0.2, -0.15) is 0 Å². The number of likely N-dealkylation sites (N-methyl/N-ethyl adjacent to an activating group) is 1. The van der Waals surface area contributed by atoms with Gasteiger partial charge < -0.3 is 20.7 Å². The fourth-order valence-corrected chi connectivity index (χ4v) is 2.82. The molecular formula is C15H23ClN4O. The zero-order valence-corrected chi connectivity index (χ0v) is 13.2. The molecule has 0 radical (unpaired) electrons. The van der Waals surface area contributed by atoms with Crippen LogP contribution in [0.4, 0.5) is 0 Å². The third kappa shape index (κ3) is 4.59. The van der Waals surface area contributed by atoms with Gasteiger partial charge in [0.15, 0.2) is 5.84 Å². The zero-order valence-electron chi connectivity index (χ0n) is 12.4. The van der Waals surface area contributed by atoms with Crippen LogP contribution in [0.5, 0.6) is 0 Å². The van der Waals surface area contributed by atoms with Gasteiger partial charge in [0, 0.05) is 30.2 Å². The lowest BCUT2D eigenvalue weighted by atomic mass is 10.1. The van der Waals surface area contributed by atoms with Crippen molar-refractivity contribution in [2.45, 2.75) is 19.4 Å². The molecule has 5 nitrogen and oxygen atoms in total. The van der Waals surface area contributed by atoms with Crippen molar-refractivity contribution in [1.82, 2.24) is 9.80 Å². The first-order valence-corrected chi connectivity index (χ1v) is 7.65. The quantitative estimate of drug-likeness (QED) is 0.365. The van der Waals surface area contributed by atoms with Gasteiger partial charge in [-0.05, 0) is 44.6 Å². The summed E-state index contributed by atoms with van der Waals surface area (Å²) in [6.07, 6.45) is 2.65. The van der Waals surface area contributed by atoms with Crippen molar-refractivity contribution in [2.75, 3.05) is 33.2 Å².